The molecular weight excluding hydrogens is 330 g/mol. The predicted molar refractivity (Wildman–Crippen MR) is 86.6 cm³/mol. The van der Waals surface area contributed by atoms with Gasteiger partial charge in [0.15, 0.2) is 0 Å². The number of hydrogen-bond donors (Lipinski definition) is 0. The third-order valence-electron chi connectivity index (χ3n) is 3.34. The summed E-state index contributed by atoms with van der Waals surface area (Å²) in [5, 5.41) is 1.76. The van der Waals surface area contributed by atoms with Crippen LogP contribution in [0.5, 0.6) is 0 Å². The molecule has 0 aliphatic rings. The highest BCUT2D eigenvalue weighted by molar-refractivity contribution is 9.08. The van der Waals surface area contributed by atoms with Crippen molar-refractivity contribution < 1.29 is 9.53 Å². The molecule has 0 saturated carbocycles. The van der Waals surface area contributed by atoms with E-state index in [2.05, 4.69) is 15.9 Å². The van der Waals surface area contributed by atoms with Crippen LogP contribution in [0.3, 0.4) is 0 Å². The van der Waals surface area contributed by atoms with Crippen LogP contribution in [0.15, 0.2) is 60.8 Å². The van der Waals surface area contributed by atoms with E-state index in [4.69, 9.17) is 4.74 Å². The van der Waals surface area contributed by atoms with Gasteiger partial charge >= 0.3 is 6.09 Å². The second-order valence-corrected chi connectivity index (χ2v) is 5.28. The maximum absolute atomic E-state index is 12.3. The zero-order chi connectivity index (χ0) is 14.7. The minimum atomic E-state index is -0.359. The number of hydrogen-bond acceptors (Lipinski definition) is 2. The predicted octanol–water partition coefficient (Wildman–Crippen LogP) is 4.72. The number of fused-ring (bicyclic) bond motifs is 1. The highest BCUT2D eigenvalue weighted by Crippen LogP contribution is 2.23. The highest BCUT2D eigenvalue weighted by atomic mass is 79.9. The van der Waals surface area contributed by atoms with E-state index in [0.717, 1.165) is 22.0 Å². The highest BCUT2D eigenvalue weighted by Gasteiger charge is 2.13. The van der Waals surface area contributed by atoms with Crippen molar-refractivity contribution in [3.8, 4) is 0 Å². The molecule has 1 heterocycles. The summed E-state index contributed by atoms with van der Waals surface area (Å²) in [5.74, 6) is 0. The smallest absolute Gasteiger partial charge is 0.418 e. The van der Waals surface area contributed by atoms with Crippen molar-refractivity contribution in [2.75, 3.05) is 0 Å². The van der Waals surface area contributed by atoms with E-state index in [-0.39, 0.29) is 12.7 Å². The van der Waals surface area contributed by atoms with E-state index in [1.165, 1.54) is 0 Å². The summed E-state index contributed by atoms with van der Waals surface area (Å²) in [5.41, 5.74) is 2.91. The number of nitrogens with zero attached hydrogens (tertiary/aromatic N) is 1. The van der Waals surface area contributed by atoms with Crippen LogP contribution < -0.4 is 0 Å². The number of ether oxygens (including phenoxy) is 1. The van der Waals surface area contributed by atoms with Gasteiger partial charge in [-0.1, -0.05) is 64.5 Å². The molecule has 0 N–H and O–H groups in total. The van der Waals surface area contributed by atoms with E-state index < -0.39 is 0 Å². The Balaban J connectivity index is 1.85. The van der Waals surface area contributed by atoms with Crippen molar-refractivity contribution in [2.45, 2.75) is 11.9 Å². The van der Waals surface area contributed by atoms with Crippen LogP contribution in [0, 0.1) is 0 Å². The summed E-state index contributed by atoms with van der Waals surface area (Å²) in [4.78, 5) is 12.3. The Morgan fingerprint density at radius 1 is 1.05 bits per heavy atom. The Hall–Kier alpha value is -2.07. The molecule has 3 aromatic rings. The normalized spacial score (nSPS) is 10.7. The monoisotopic (exact) mass is 343 g/mol. The van der Waals surface area contributed by atoms with Gasteiger partial charge in [0.1, 0.15) is 6.61 Å². The molecule has 0 radical (unpaired) electrons. The van der Waals surface area contributed by atoms with Crippen LogP contribution in [0.4, 0.5) is 4.79 Å². The van der Waals surface area contributed by atoms with Gasteiger partial charge in [0.25, 0.3) is 0 Å². The fraction of sp³-hybridized carbons (Fsp3) is 0.118. The number of carbonyl (C=O) groups excluding carboxylic acids is 1. The molecule has 0 aliphatic heterocycles. The summed E-state index contributed by atoms with van der Waals surface area (Å²) in [6.45, 7) is 0.274. The number of halogens is 1. The first-order valence-corrected chi connectivity index (χ1v) is 7.77. The Kier molecular flexibility index (Phi) is 4.06. The quantitative estimate of drug-likeness (QED) is 0.644. The number of rotatable bonds is 3. The SMILES string of the molecule is O=C(OCc1ccccc1)n1cc(CBr)c2ccccc21. The zero-order valence-corrected chi connectivity index (χ0v) is 12.9. The molecule has 0 fully saturated rings. The van der Waals surface area contributed by atoms with Crippen molar-refractivity contribution in [1.29, 1.82) is 0 Å². The van der Waals surface area contributed by atoms with Crippen molar-refractivity contribution in [3.05, 3.63) is 71.9 Å². The second-order valence-electron chi connectivity index (χ2n) is 4.72. The maximum Gasteiger partial charge on any atom is 0.418 e. The Bertz CT molecular complexity index is 765. The van der Waals surface area contributed by atoms with Crippen LogP contribution in [0.1, 0.15) is 11.1 Å². The lowest BCUT2D eigenvalue weighted by molar-refractivity contribution is 0.142. The van der Waals surface area contributed by atoms with Crippen LogP contribution in [-0.4, -0.2) is 10.7 Å². The molecule has 0 amide bonds. The summed E-state index contributed by atoms with van der Waals surface area (Å²) < 4.78 is 6.95. The standard InChI is InChI=1S/C17H14BrNO2/c18-10-14-11-19(16-9-5-4-8-15(14)16)17(20)21-12-13-6-2-1-3-7-13/h1-9,11H,10,12H2. The Morgan fingerprint density at radius 3 is 2.52 bits per heavy atom. The maximum atomic E-state index is 12.3. The molecule has 0 unspecified atom stereocenters. The largest absolute Gasteiger partial charge is 0.444 e. The molecule has 0 bridgehead atoms. The lowest BCUT2D eigenvalue weighted by atomic mass is 10.2. The average Bonchev–Trinajstić information content (AvgIpc) is 2.92. The fourth-order valence-electron chi connectivity index (χ4n) is 2.30. The first kappa shape index (κ1) is 13.9. The molecule has 106 valence electrons. The summed E-state index contributed by atoms with van der Waals surface area (Å²) in [6, 6.07) is 17.5. The van der Waals surface area contributed by atoms with Gasteiger partial charge in [-0.05, 0) is 17.2 Å². The molecule has 0 atom stereocenters. The van der Waals surface area contributed by atoms with Gasteiger partial charge < -0.3 is 4.74 Å². The molecular formula is C17H14BrNO2. The minimum absolute atomic E-state index is 0.274. The van der Waals surface area contributed by atoms with E-state index >= 15 is 0 Å². The van der Waals surface area contributed by atoms with E-state index in [0.29, 0.717) is 5.33 Å². The molecule has 0 aliphatic carbocycles. The lowest BCUT2D eigenvalue weighted by Crippen LogP contribution is -2.12. The van der Waals surface area contributed by atoms with E-state index in [1.54, 1.807) is 4.57 Å². The summed E-state index contributed by atoms with van der Waals surface area (Å²) in [7, 11) is 0. The summed E-state index contributed by atoms with van der Waals surface area (Å²) in [6.07, 6.45) is 1.47. The first-order chi connectivity index (χ1) is 10.3. The van der Waals surface area contributed by atoms with Crippen molar-refractivity contribution in [1.82, 2.24) is 4.57 Å². The lowest BCUT2D eigenvalue weighted by Gasteiger charge is -2.06. The van der Waals surface area contributed by atoms with Gasteiger partial charge in [0.2, 0.25) is 0 Å². The average molecular weight is 344 g/mol. The van der Waals surface area contributed by atoms with Gasteiger partial charge in [0.05, 0.1) is 5.52 Å². The van der Waals surface area contributed by atoms with Crippen molar-refractivity contribution in [3.63, 3.8) is 0 Å². The molecule has 3 nitrogen and oxygen atoms in total. The van der Waals surface area contributed by atoms with Gasteiger partial charge in [-0.25, -0.2) is 4.79 Å². The number of aromatic nitrogens is 1. The Morgan fingerprint density at radius 2 is 1.76 bits per heavy atom. The van der Waals surface area contributed by atoms with Gasteiger partial charge in [0, 0.05) is 16.9 Å². The molecule has 4 heteroatoms. The van der Waals surface area contributed by atoms with Gasteiger partial charge in [-0.15, -0.1) is 0 Å². The van der Waals surface area contributed by atoms with Crippen molar-refractivity contribution >= 4 is 32.9 Å². The van der Waals surface area contributed by atoms with E-state index in [1.807, 2.05) is 60.8 Å². The molecule has 3 rings (SSSR count). The topological polar surface area (TPSA) is 31.2 Å². The van der Waals surface area contributed by atoms with Crippen LogP contribution in [0.25, 0.3) is 10.9 Å². The summed E-state index contributed by atoms with van der Waals surface area (Å²) >= 11 is 3.45. The molecule has 21 heavy (non-hydrogen) atoms. The Labute approximate surface area is 131 Å². The van der Waals surface area contributed by atoms with E-state index in [9.17, 15) is 4.79 Å². The van der Waals surface area contributed by atoms with Gasteiger partial charge in [-0.2, -0.15) is 0 Å². The number of alkyl halides is 1. The molecule has 0 spiro atoms. The van der Waals surface area contributed by atoms with Crippen LogP contribution in [-0.2, 0) is 16.7 Å². The zero-order valence-electron chi connectivity index (χ0n) is 11.3. The molecule has 2 aromatic carbocycles. The molecule has 0 saturated heterocycles. The number of para-hydroxylation sites is 1. The number of benzene rings is 2. The molecule has 1 aromatic heterocycles. The minimum Gasteiger partial charge on any atom is -0.444 e. The van der Waals surface area contributed by atoms with Gasteiger partial charge in [-0.3, -0.25) is 4.57 Å². The number of carbonyl (C=O) groups is 1. The van der Waals surface area contributed by atoms with Crippen molar-refractivity contribution in [2.24, 2.45) is 0 Å². The fourth-order valence-corrected chi connectivity index (χ4v) is 2.74. The second kappa shape index (κ2) is 6.14. The van der Waals surface area contributed by atoms with Crippen LogP contribution in [0.2, 0.25) is 0 Å². The first-order valence-electron chi connectivity index (χ1n) is 6.65. The van der Waals surface area contributed by atoms with Crippen LogP contribution >= 0.6 is 15.9 Å². The third-order valence-corrected chi connectivity index (χ3v) is 3.94. The third kappa shape index (κ3) is 2.85.